The Labute approximate surface area is 136 Å². The fraction of sp³-hybridized carbons (Fsp3) is 0.278. The summed E-state index contributed by atoms with van der Waals surface area (Å²) in [5, 5.41) is 3.43. The zero-order chi connectivity index (χ0) is 16.1. The minimum atomic E-state index is 0.357. The average Bonchev–Trinajstić information content (AvgIpc) is 3.02. The number of nitrogens with zero attached hydrogens (tertiary/aromatic N) is 2. The molecule has 3 aromatic rings. The van der Waals surface area contributed by atoms with Crippen LogP contribution in [0.25, 0.3) is 11.0 Å². The van der Waals surface area contributed by atoms with Gasteiger partial charge < -0.3 is 15.0 Å². The van der Waals surface area contributed by atoms with Gasteiger partial charge in [-0.3, -0.25) is 0 Å². The second-order valence-electron chi connectivity index (χ2n) is 5.49. The van der Waals surface area contributed by atoms with Crippen LogP contribution in [0.15, 0.2) is 42.9 Å². The largest absolute Gasteiger partial charge is 0.471 e. The molecule has 119 valence electrons. The minimum Gasteiger partial charge on any atom is -0.471 e. The molecule has 5 heteroatoms. The molecule has 0 fully saturated rings. The van der Waals surface area contributed by atoms with Crippen molar-refractivity contribution >= 4 is 11.0 Å². The molecular weight excluding hydrogens is 288 g/mol. The van der Waals surface area contributed by atoms with E-state index in [1.165, 1.54) is 0 Å². The fourth-order valence-electron chi connectivity index (χ4n) is 2.33. The van der Waals surface area contributed by atoms with Crippen LogP contribution in [0, 0.1) is 6.42 Å². The van der Waals surface area contributed by atoms with Crippen LogP contribution in [0.1, 0.15) is 25.0 Å². The van der Waals surface area contributed by atoms with Gasteiger partial charge in [-0.2, -0.15) is 4.98 Å². The highest BCUT2D eigenvalue weighted by molar-refractivity contribution is 5.82. The summed E-state index contributed by atoms with van der Waals surface area (Å²) in [5.41, 5.74) is 3.97. The maximum Gasteiger partial charge on any atom is 0.241 e. The third kappa shape index (κ3) is 3.68. The molecule has 0 aliphatic carbocycles. The molecule has 0 amide bonds. The second kappa shape index (κ2) is 7.24. The van der Waals surface area contributed by atoms with E-state index < -0.39 is 0 Å². The maximum absolute atomic E-state index is 5.86. The molecule has 23 heavy (non-hydrogen) atoms. The Morgan fingerprint density at radius 1 is 1.26 bits per heavy atom. The number of benzene rings is 1. The summed E-state index contributed by atoms with van der Waals surface area (Å²) in [6, 6.07) is 10.4. The molecule has 0 bridgehead atoms. The summed E-state index contributed by atoms with van der Waals surface area (Å²) in [7, 11) is 0. The van der Waals surface area contributed by atoms with E-state index in [0.717, 1.165) is 28.7 Å². The molecule has 0 aliphatic heterocycles. The van der Waals surface area contributed by atoms with Gasteiger partial charge >= 0.3 is 0 Å². The summed E-state index contributed by atoms with van der Waals surface area (Å²) in [6.07, 6.45) is 5.64. The Hall–Kier alpha value is -2.40. The van der Waals surface area contributed by atoms with Crippen LogP contribution in [0.4, 0.5) is 0 Å². The molecule has 0 saturated heterocycles. The summed E-state index contributed by atoms with van der Waals surface area (Å²) < 4.78 is 5.86. The van der Waals surface area contributed by atoms with E-state index in [9.17, 15) is 0 Å². The normalized spacial score (nSPS) is 12.4. The quantitative estimate of drug-likeness (QED) is 0.703. The van der Waals surface area contributed by atoms with Crippen LogP contribution in [0.3, 0.4) is 0 Å². The highest BCUT2D eigenvalue weighted by Gasteiger charge is 2.11. The average molecular weight is 309 g/mol. The van der Waals surface area contributed by atoms with Gasteiger partial charge in [0.15, 0.2) is 0 Å². The van der Waals surface area contributed by atoms with Crippen molar-refractivity contribution in [1.29, 1.82) is 0 Å². The fourth-order valence-corrected chi connectivity index (χ4v) is 2.33. The van der Waals surface area contributed by atoms with Crippen molar-refractivity contribution in [3.8, 4) is 5.88 Å². The van der Waals surface area contributed by atoms with Crippen LogP contribution in [0.2, 0.25) is 0 Å². The van der Waals surface area contributed by atoms with Gasteiger partial charge in [0.1, 0.15) is 18.5 Å². The molecule has 2 aromatic heterocycles. The summed E-state index contributed by atoms with van der Waals surface area (Å²) in [4.78, 5) is 11.9. The molecule has 2 N–H and O–H groups in total. The standard InChI is InChI=1S/C18H21N4O/c1-3-13(2)19-9-15-10-20-17-16(15)21-12-22-18(17)23-11-14-7-5-4-6-8-14/h3-8,10,12-13,19-20H,9,11H2,1-2H3. The summed E-state index contributed by atoms with van der Waals surface area (Å²) in [5.74, 6) is 0.584. The van der Waals surface area contributed by atoms with Gasteiger partial charge in [0.2, 0.25) is 5.88 Å². The van der Waals surface area contributed by atoms with E-state index in [1.54, 1.807) is 6.33 Å². The first-order valence-corrected chi connectivity index (χ1v) is 7.78. The summed E-state index contributed by atoms with van der Waals surface area (Å²) >= 11 is 0. The monoisotopic (exact) mass is 309 g/mol. The lowest BCUT2D eigenvalue weighted by atomic mass is 10.2. The Morgan fingerprint density at radius 3 is 2.87 bits per heavy atom. The molecule has 1 atom stereocenters. The van der Waals surface area contributed by atoms with Gasteiger partial charge in [0, 0.05) is 24.3 Å². The molecule has 5 nitrogen and oxygen atoms in total. The molecule has 0 aliphatic rings. The van der Waals surface area contributed by atoms with Crippen molar-refractivity contribution in [1.82, 2.24) is 20.3 Å². The Morgan fingerprint density at radius 2 is 2.09 bits per heavy atom. The van der Waals surface area contributed by atoms with Gasteiger partial charge in [-0.05, 0) is 18.9 Å². The number of nitrogens with one attached hydrogen (secondary N) is 2. The van der Waals surface area contributed by atoms with Crippen LogP contribution in [-0.2, 0) is 13.2 Å². The number of aromatic nitrogens is 3. The molecule has 1 aromatic carbocycles. The van der Waals surface area contributed by atoms with Gasteiger partial charge in [-0.15, -0.1) is 0 Å². The molecule has 1 unspecified atom stereocenters. The van der Waals surface area contributed by atoms with Crippen molar-refractivity contribution in [2.75, 3.05) is 0 Å². The number of fused-ring (bicyclic) bond motifs is 1. The molecule has 1 radical (unpaired) electrons. The Kier molecular flexibility index (Phi) is 4.88. The van der Waals surface area contributed by atoms with E-state index in [1.807, 2.05) is 43.5 Å². The lowest BCUT2D eigenvalue weighted by Gasteiger charge is -2.10. The maximum atomic E-state index is 5.86. The van der Waals surface area contributed by atoms with Crippen LogP contribution in [0.5, 0.6) is 5.88 Å². The Balaban J connectivity index is 1.75. The van der Waals surface area contributed by atoms with E-state index in [0.29, 0.717) is 18.5 Å². The molecule has 3 rings (SSSR count). The molecule has 0 saturated carbocycles. The van der Waals surface area contributed by atoms with Gasteiger partial charge in [0.25, 0.3) is 0 Å². The SMILES string of the molecule is C[CH]C(C)NCc1c[nH]c2c(OCc3ccccc3)ncnc12. The van der Waals surface area contributed by atoms with Crippen LogP contribution >= 0.6 is 0 Å². The van der Waals surface area contributed by atoms with E-state index in [-0.39, 0.29) is 0 Å². The zero-order valence-electron chi connectivity index (χ0n) is 13.4. The van der Waals surface area contributed by atoms with Crippen LogP contribution < -0.4 is 10.1 Å². The highest BCUT2D eigenvalue weighted by Crippen LogP contribution is 2.23. The van der Waals surface area contributed by atoms with Crippen molar-refractivity contribution in [3.05, 3.63) is 60.4 Å². The number of aromatic amines is 1. The number of rotatable bonds is 7. The highest BCUT2D eigenvalue weighted by atomic mass is 16.5. The topological polar surface area (TPSA) is 62.8 Å². The lowest BCUT2D eigenvalue weighted by molar-refractivity contribution is 0.297. The first-order chi connectivity index (χ1) is 11.3. The Bertz CT molecular complexity index is 754. The predicted octanol–water partition coefficient (Wildman–Crippen LogP) is 3.24. The van der Waals surface area contributed by atoms with Crippen molar-refractivity contribution in [3.63, 3.8) is 0 Å². The lowest BCUT2D eigenvalue weighted by Crippen LogP contribution is -2.24. The van der Waals surface area contributed by atoms with Crippen molar-refractivity contribution in [2.45, 2.75) is 33.0 Å². The third-order valence-corrected chi connectivity index (χ3v) is 3.84. The zero-order valence-corrected chi connectivity index (χ0v) is 13.4. The second-order valence-corrected chi connectivity index (χ2v) is 5.49. The number of hydrogen-bond acceptors (Lipinski definition) is 4. The van der Waals surface area contributed by atoms with E-state index in [4.69, 9.17) is 4.74 Å². The third-order valence-electron chi connectivity index (χ3n) is 3.84. The van der Waals surface area contributed by atoms with Crippen molar-refractivity contribution in [2.24, 2.45) is 0 Å². The molecule has 2 heterocycles. The van der Waals surface area contributed by atoms with Gasteiger partial charge in [-0.25, -0.2) is 4.98 Å². The molecular formula is C18H21N4O. The minimum absolute atomic E-state index is 0.357. The van der Waals surface area contributed by atoms with Gasteiger partial charge in [-0.1, -0.05) is 37.3 Å². The smallest absolute Gasteiger partial charge is 0.241 e. The first-order valence-electron chi connectivity index (χ1n) is 7.78. The number of ether oxygens (including phenoxy) is 1. The summed E-state index contributed by atoms with van der Waals surface area (Å²) in [6.45, 7) is 5.41. The number of hydrogen-bond donors (Lipinski definition) is 2. The van der Waals surface area contributed by atoms with Crippen LogP contribution in [-0.4, -0.2) is 21.0 Å². The predicted molar refractivity (Wildman–Crippen MR) is 90.9 cm³/mol. The number of H-pyrrole nitrogens is 1. The van der Waals surface area contributed by atoms with E-state index in [2.05, 4.69) is 33.6 Å². The first kappa shape index (κ1) is 15.5. The molecule has 0 spiro atoms. The van der Waals surface area contributed by atoms with Gasteiger partial charge in [0.05, 0.1) is 5.52 Å². The van der Waals surface area contributed by atoms with E-state index >= 15 is 0 Å². The van der Waals surface area contributed by atoms with Crippen molar-refractivity contribution < 1.29 is 4.74 Å².